The van der Waals surface area contributed by atoms with Crippen LogP contribution in [0.3, 0.4) is 0 Å². The highest BCUT2D eigenvalue weighted by Gasteiger charge is 2.32. The molecule has 0 saturated heterocycles. The Morgan fingerprint density at radius 1 is 1.14 bits per heavy atom. The maximum atomic E-state index is 13.9. The number of nitrogens with one attached hydrogen (secondary N) is 1. The Morgan fingerprint density at radius 2 is 1.89 bits per heavy atom. The Morgan fingerprint density at radius 3 is 2.58 bits per heavy atom. The van der Waals surface area contributed by atoms with E-state index in [-0.39, 0.29) is 22.6 Å². The molecule has 0 aliphatic carbocycles. The summed E-state index contributed by atoms with van der Waals surface area (Å²) in [6, 6.07) is 14.0. The zero-order valence-corrected chi connectivity index (χ0v) is 19.8. The maximum Gasteiger partial charge on any atom is 0.405 e. The second-order valence-corrected chi connectivity index (χ2v) is 9.22. The summed E-state index contributed by atoms with van der Waals surface area (Å²) in [4.78, 5) is 22.2. The first kappa shape index (κ1) is 23.7. The van der Waals surface area contributed by atoms with Crippen LogP contribution in [0.4, 0.5) is 19.1 Å². The van der Waals surface area contributed by atoms with Crippen molar-refractivity contribution in [2.45, 2.75) is 25.4 Å². The molecular formula is C26H23F3N4O3. The number of ether oxygens (including phenoxy) is 2. The maximum absolute atomic E-state index is 13.9. The number of methoxy groups -OCH3 is 1. The van der Waals surface area contributed by atoms with E-state index < -0.39 is 12.7 Å². The number of aromatic nitrogens is 3. The van der Waals surface area contributed by atoms with Crippen LogP contribution in [0.5, 0.6) is 11.5 Å². The summed E-state index contributed by atoms with van der Waals surface area (Å²) in [6.07, 6.45) is -3.03. The summed E-state index contributed by atoms with van der Waals surface area (Å²) < 4.78 is 50.6. The molecule has 10 heteroatoms. The quantitative estimate of drug-likeness (QED) is 0.414. The summed E-state index contributed by atoms with van der Waals surface area (Å²) in [7, 11) is 1.53. The van der Waals surface area contributed by atoms with Gasteiger partial charge in [-0.15, -0.1) is 0 Å². The van der Waals surface area contributed by atoms with Crippen LogP contribution in [0.1, 0.15) is 19.4 Å². The molecule has 0 bridgehead atoms. The highest BCUT2D eigenvalue weighted by atomic mass is 19.4. The number of anilines is 1. The van der Waals surface area contributed by atoms with Crippen LogP contribution in [-0.4, -0.2) is 41.0 Å². The predicted octanol–water partition coefficient (Wildman–Crippen LogP) is 5.10. The molecule has 5 rings (SSSR count). The monoisotopic (exact) mass is 496 g/mol. The van der Waals surface area contributed by atoms with Gasteiger partial charge in [0.2, 0.25) is 5.95 Å². The summed E-state index contributed by atoms with van der Waals surface area (Å²) in [5.74, 6) is 1.14. The first-order valence-corrected chi connectivity index (χ1v) is 11.2. The van der Waals surface area contributed by atoms with Gasteiger partial charge in [-0.3, -0.25) is 9.36 Å². The minimum atomic E-state index is -4.44. The lowest BCUT2D eigenvalue weighted by atomic mass is 9.85. The third kappa shape index (κ3) is 4.34. The Kier molecular flexibility index (Phi) is 5.61. The molecule has 4 aromatic rings. The van der Waals surface area contributed by atoms with Crippen LogP contribution in [-0.2, 0) is 5.41 Å². The van der Waals surface area contributed by atoms with Gasteiger partial charge in [0.15, 0.2) is 5.65 Å². The number of alkyl halides is 3. The highest BCUT2D eigenvalue weighted by Crippen LogP contribution is 2.40. The molecule has 0 unspecified atom stereocenters. The average molecular weight is 496 g/mol. The number of nitrogens with zero attached hydrogens (tertiary/aromatic N) is 3. The van der Waals surface area contributed by atoms with Crippen molar-refractivity contribution in [2.24, 2.45) is 0 Å². The molecule has 0 fully saturated rings. The van der Waals surface area contributed by atoms with E-state index in [2.05, 4.69) is 29.1 Å². The van der Waals surface area contributed by atoms with E-state index in [4.69, 9.17) is 9.47 Å². The number of hydrogen-bond donors (Lipinski definition) is 1. The van der Waals surface area contributed by atoms with Gasteiger partial charge < -0.3 is 14.8 Å². The fraction of sp³-hybridized carbons (Fsp3) is 0.269. The largest absolute Gasteiger partial charge is 0.497 e. The molecule has 0 amide bonds. The summed E-state index contributed by atoms with van der Waals surface area (Å²) in [6.45, 7) is 3.39. The Labute approximate surface area is 204 Å². The molecular weight excluding hydrogens is 473 g/mol. The number of fused-ring (bicyclic) bond motifs is 2. The van der Waals surface area contributed by atoms with Crippen LogP contribution >= 0.6 is 0 Å². The Bertz CT molecular complexity index is 1510. The molecule has 0 spiro atoms. The van der Waals surface area contributed by atoms with Crippen molar-refractivity contribution in [2.75, 3.05) is 25.6 Å². The number of halogens is 3. The number of benzene rings is 2. The third-order valence-electron chi connectivity index (χ3n) is 6.13. The molecule has 186 valence electrons. The molecule has 36 heavy (non-hydrogen) atoms. The highest BCUT2D eigenvalue weighted by molar-refractivity contribution is 5.83. The van der Waals surface area contributed by atoms with E-state index in [0.29, 0.717) is 34.6 Å². The van der Waals surface area contributed by atoms with Crippen LogP contribution in [0.2, 0.25) is 0 Å². The molecule has 2 aromatic heterocycles. The molecule has 0 atom stereocenters. The van der Waals surface area contributed by atoms with Crippen LogP contribution in [0.15, 0.2) is 59.5 Å². The first-order valence-electron chi connectivity index (χ1n) is 11.2. The van der Waals surface area contributed by atoms with Crippen molar-refractivity contribution >= 4 is 17.0 Å². The Balaban J connectivity index is 1.71. The summed E-state index contributed by atoms with van der Waals surface area (Å²) in [5.41, 5.74) is 2.18. The van der Waals surface area contributed by atoms with Gasteiger partial charge in [0.1, 0.15) is 18.0 Å². The van der Waals surface area contributed by atoms with Crippen molar-refractivity contribution in [1.82, 2.24) is 14.5 Å². The molecule has 3 heterocycles. The van der Waals surface area contributed by atoms with E-state index >= 15 is 0 Å². The minimum absolute atomic E-state index is 0.179. The van der Waals surface area contributed by atoms with Crippen molar-refractivity contribution in [3.63, 3.8) is 0 Å². The van der Waals surface area contributed by atoms with Gasteiger partial charge in [-0.25, -0.2) is 4.98 Å². The Hall–Kier alpha value is -4.08. The van der Waals surface area contributed by atoms with Crippen LogP contribution < -0.4 is 20.3 Å². The van der Waals surface area contributed by atoms with E-state index in [1.807, 2.05) is 18.2 Å². The molecule has 1 aliphatic rings. The van der Waals surface area contributed by atoms with Gasteiger partial charge in [0.25, 0.3) is 5.56 Å². The van der Waals surface area contributed by atoms with Crippen molar-refractivity contribution < 1.29 is 22.6 Å². The van der Waals surface area contributed by atoms with Crippen LogP contribution in [0.25, 0.3) is 27.8 Å². The number of pyridine rings is 1. The molecule has 1 aliphatic heterocycles. The number of rotatable bonds is 5. The van der Waals surface area contributed by atoms with Crippen molar-refractivity contribution in [3.8, 4) is 28.3 Å². The van der Waals surface area contributed by atoms with E-state index in [1.54, 1.807) is 30.3 Å². The van der Waals surface area contributed by atoms with Crippen molar-refractivity contribution in [3.05, 3.63) is 70.6 Å². The van der Waals surface area contributed by atoms with Crippen molar-refractivity contribution in [1.29, 1.82) is 0 Å². The van der Waals surface area contributed by atoms with E-state index in [0.717, 1.165) is 11.3 Å². The zero-order valence-electron chi connectivity index (χ0n) is 19.8. The second kappa shape index (κ2) is 8.54. The SMILES string of the molecule is COc1ccc(-n2c(=O)c(-c3ccc4c(c3)C(C)(C)CO4)cc3cnc(NCC(F)(F)F)nc32)cc1. The normalized spacial score (nSPS) is 14.4. The van der Waals surface area contributed by atoms with Gasteiger partial charge in [-0.05, 0) is 48.0 Å². The molecule has 7 nitrogen and oxygen atoms in total. The van der Waals surface area contributed by atoms with Gasteiger partial charge >= 0.3 is 6.18 Å². The lowest BCUT2D eigenvalue weighted by Crippen LogP contribution is -2.24. The van der Waals surface area contributed by atoms with E-state index in [1.165, 1.54) is 17.9 Å². The summed E-state index contributed by atoms with van der Waals surface area (Å²) in [5, 5.41) is 2.67. The molecule has 2 aromatic carbocycles. The second-order valence-electron chi connectivity index (χ2n) is 9.22. The molecule has 0 saturated carbocycles. The van der Waals surface area contributed by atoms with Gasteiger partial charge in [0.05, 0.1) is 19.4 Å². The predicted molar refractivity (Wildman–Crippen MR) is 130 cm³/mol. The van der Waals surface area contributed by atoms with Crippen LogP contribution in [0, 0.1) is 0 Å². The standard InChI is InChI=1S/C26H23F3N4O3/c1-25(2)14-36-21-9-4-15(11-20(21)25)19-10-16-12-30-24(31-13-26(27,28)29)32-22(16)33(23(19)34)17-5-7-18(35-3)8-6-17/h4-12H,13-14H2,1-3H3,(H,30,31,32). The lowest BCUT2D eigenvalue weighted by molar-refractivity contribution is -0.115. The molecule has 0 radical (unpaired) electrons. The number of hydrogen-bond acceptors (Lipinski definition) is 6. The van der Waals surface area contributed by atoms with E-state index in [9.17, 15) is 18.0 Å². The van der Waals surface area contributed by atoms with Gasteiger partial charge in [-0.2, -0.15) is 18.2 Å². The first-order chi connectivity index (χ1) is 17.1. The minimum Gasteiger partial charge on any atom is -0.497 e. The van der Waals surface area contributed by atoms with Gasteiger partial charge in [-0.1, -0.05) is 19.9 Å². The topological polar surface area (TPSA) is 78.3 Å². The lowest BCUT2D eigenvalue weighted by Gasteiger charge is -2.17. The van der Waals surface area contributed by atoms with Gasteiger partial charge in [0, 0.05) is 28.1 Å². The zero-order chi connectivity index (χ0) is 25.7. The fourth-order valence-corrected chi connectivity index (χ4v) is 4.23. The third-order valence-corrected chi connectivity index (χ3v) is 6.13. The molecule has 1 N–H and O–H groups in total. The average Bonchev–Trinajstić information content (AvgIpc) is 3.16. The smallest absolute Gasteiger partial charge is 0.405 e. The fourth-order valence-electron chi connectivity index (χ4n) is 4.23. The summed E-state index contributed by atoms with van der Waals surface area (Å²) >= 11 is 0.